The zero-order valence-corrected chi connectivity index (χ0v) is 11.4. The van der Waals surface area contributed by atoms with Gasteiger partial charge in [0.15, 0.2) is 0 Å². The van der Waals surface area contributed by atoms with E-state index in [-0.39, 0.29) is 5.91 Å². The number of benzene rings is 1. The summed E-state index contributed by atoms with van der Waals surface area (Å²) in [6.07, 6.45) is 3.19. The number of amides is 1. The Kier molecular flexibility index (Phi) is 3.60. The number of furan rings is 1. The molecular formula is C15H12N2O2S. The lowest BCUT2D eigenvalue weighted by Crippen LogP contribution is -2.21. The number of carbonyl (C=O) groups is 1. The highest BCUT2D eigenvalue weighted by molar-refractivity contribution is 7.16. The van der Waals surface area contributed by atoms with Gasteiger partial charge in [-0.05, 0) is 12.1 Å². The molecule has 4 nitrogen and oxygen atoms in total. The van der Waals surface area contributed by atoms with Crippen molar-refractivity contribution in [2.24, 2.45) is 0 Å². The molecule has 0 aliphatic carbocycles. The van der Waals surface area contributed by atoms with Gasteiger partial charge in [-0.1, -0.05) is 30.3 Å². The molecule has 0 saturated carbocycles. The van der Waals surface area contributed by atoms with Gasteiger partial charge >= 0.3 is 0 Å². The Bertz CT molecular complexity index is 690. The van der Waals surface area contributed by atoms with Crippen molar-refractivity contribution in [3.05, 3.63) is 65.6 Å². The lowest BCUT2D eigenvalue weighted by Gasteiger charge is -1.99. The molecule has 0 spiro atoms. The first-order valence-corrected chi connectivity index (χ1v) is 6.96. The maximum Gasteiger partial charge on any atom is 0.263 e. The molecule has 0 fully saturated rings. The minimum atomic E-state index is -0.138. The molecule has 5 heteroatoms. The van der Waals surface area contributed by atoms with Crippen molar-refractivity contribution in [1.29, 1.82) is 0 Å². The van der Waals surface area contributed by atoms with Crippen molar-refractivity contribution in [2.75, 3.05) is 0 Å². The topological polar surface area (TPSA) is 55.1 Å². The first-order chi connectivity index (χ1) is 9.83. The maximum absolute atomic E-state index is 12.0. The van der Waals surface area contributed by atoms with Gasteiger partial charge in [-0.15, -0.1) is 11.3 Å². The van der Waals surface area contributed by atoms with Crippen LogP contribution in [0.1, 0.15) is 15.4 Å². The highest BCUT2D eigenvalue weighted by Gasteiger charge is 2.11. The van der Waals surface area contributed by atoms with Crippen LogP contribution in [0, 0.1) is 0 Å². The van der Waals surface area contributed by atoms with E-state index in [0.29, 0.717) is 11.4 Å². The van der Waals surface area contributed by atoms with Crippen LogP contribution in [-0.2, 0) is 6.54 Å². The van der Waals surface area contributed by atoms with E-state index in [1.165, 1.54) is 11.3 Å². The number of nitrogens with one attached hydrogen (secondary N) is 1. The molecule has 1 amide bonds. The predicted molar refractivity (Wildman–Crippen MR) is 77.4 cm³/mol. The fourth-order valence-electron chi connectivity index (χ4n) is 1.76. The molecule has 2 aromatic heterocycles. The van der Waals surface area contributed by atoms with E-state index >= 15 is 0 Å². The maximum atomic E-state index is 12.0. The van der Waals surface area contributed by atoms with Gasteiger partial charge in [-0.25, -0.2) is 4.98 Å². The monoisotopic (exact) mass is 284 g/mol. The number of hydrogen-bond donors (Lipinski definition) is 1. The Morgan fingerprint density at radius 3 is 2.80 bits per heavy atom. The fourth-order valence-corrected chi connectivity index (χ4v) is 2.60. The third-order valence-corrected chi connectivity index (χ3v) is 3.80. The smallest absolute Gasteiger partial charge is 0.263 e. The summed E-state index contributed by atoms with van der Waals surface area (Å²) in [5.74, 6) is 0.590. The quantitative estimate of drug-likeness (QED) is 0.799. The Hall–Kier alpha value is -2.40. The van der Waals surface area contributed by atoms with E-state index in [2.05, 4.69) is 10.3 Å². The molecule has 2 heterocycles. The SMILES string of the molecule is O=C(NCc1ccco1)c1cnc(-c2ccccc2)s1. The molecule has 0 saturated heterocycles. The van der Waals surface area contributed by atoms with Gasteiger partial charge in [0.25, 0.3) is 5.91 Å². The van der Waals surface area contributed by atoms with Crippen LogP contribution >= 0.6 is 11.3 Å². The van der Waals surface area contributed by atoms with Crippen LogP contribution in [0.3, 0.4) is 0 Å². The van der Waals surface area contributed by atoms with E-state index in [4.69, 9.17) is 4.42 Å². The Morgan fingerprint density at radius 2 is 2.05 bits per heavy atom. The van der Waals surface area contributed by atoms with Crippen molar-refractivity contribution in [1.82, 2.24) is 10.3 Å². The van der Waals surface area contributed by atoms with Crippen LogP contribution < -0.4 is 5.32 Å². The van der Waals surface area contributed by atoms with E-state index < -0.39 is 0 Å². The molecule has 0 atom stereocenters. The zero-order valence-electron chi connectivity index (χ0n) is 10.6. The minimum Gasteiger partial charge on any atom is -0.467 e. The van der Waals surface area contributed by atoms with Crippen molar-refractivity contribution < 1.29 is 9.21 Å². The van der Waals surface area contributed by atoms with Gasteiger partial charge in [0.1, 0.15) is 15.6 Å². The summed E-state index contributed by atoms with van der Waals surface area (Å²) in [5.41, 5.74) is 1.02. The van der Waals surface area contributed by atoms with E-state index in [1.54, 1.807) is 18.5 Å². The first-order valence-electron chi connectivity index (χ1n) is 6.15. The number of thiazole rings is 1. The van der Waals surface area contributed by atoms with Crippen molar-refractivity contribution in [3.8, 4) is 10.6 Å². The van der Waals surface area contributed by atoms with E-state index in [0.717, 1.165) is 16.3 Å². The summed E-state index contributed by atoms with van der Waals surface area (Å²) < 4.78 is 5.17. The average molecular weight is 284 g/mol. The normalized spacial score (nSPS) is 10.4. The standard InChI is InChI=1S/C15H12N2O2S/c18-14(16-9-12-7-4-8-19-12)13-10-17-15(20-13)11-5-2-1-3-6-11/h1-8,10H,9H2,(H,16,18). The number of rotatable bonds is 4. The van der Waals surface area contributed by atoms with Gasteiger partial charge in [-0.2, -0.15) is 0 Å². The van der Waals surface area contributed by atoms with Crippen molar-refractivity contribution in [3.63, 3.8) is 0 Å². The van der Waals surface area contributed by atoms with Crippen molar-refractivity contribution >= 4 is 17.2 Å². The second-order valence-corrected chi connectivity index (χ2v) is 5.19. The molecule has 100 valence electrons. The first kappa shape index (κ1) is 12.6. The fraction of sp³-hybridized carbons (Fsp3) is 0.0667. The second-order valence-electron chi connectivity index (χ2n) is 4.16. The molecule has 3 rings (SSSR count). The highest BCUT2D eigenvalue weighted by Crippen LogP contribution is 2.24. The van der Waals surface area contributed by atoms with Gasteiger partial charge in [-0.3, -0.25) is 4.79 Å². The highest BCUT2D eigenvalue weighted by atomic mass is 32.1. The molecular weight excluding hydrogens is 272 g/mol. The molecule has 0 aliphatic rings. The summed E-state index contributed by atoms with van der Waals surface area (Å²) in [4.78, 5) is 16.9. The van der Waals surface area contributed by atoms with Crippen LogP contribution in [0.5, 0.6) is 0 Å². The number of nitrogens with zero attached hydrogens (tertiary/aromatic N) is 1. The summed E-state index contributed by atoms with van der Waals surface area (Å²) >= 11 is 1.38. The minimum absolute atomic E-state index is 0.138. The molecule has 3 aromatic rings. The lowest BCUT2D eigenvalue weighted by atomic mass is 10.2. The molecule has 1 N–H and O–H groups in total. The lowest BCUT2D eigenvalue weighted by molar-refractivity contribution is 0.0952. The van der Waals surface area contributed by atoms with E-state index in [9.17, 15) is 4.79 Å². The van der Waals surface area contributed by atoms with Gasteiger partial charge in [0.2, 0.25) is 0 Å². The predicted octanol–water partition coefficient (Wildman–Crippen LogP) is 3.33. The van der Waals surface area contributed by atoms with Crippen LogP contribution in [0.15, 0.2) is 59.3 Å². The molecule has 1 aromatic carbocycles. The average Bonchev–Trinajstić information content (AvgIpc) is 3.17. The Balaban J connectivity index is 1.69. The van der Waals surface area contributed by atoms with Gasteiger partial charge in [0.05, 0.1) is 19.0 Å². The summed E-state index contributed by atoms with van der Waals surface area (Å²) in [7, 11) is 0. The number of hydrogen-bond acceptors (Lipinski definition) is 4. The summed E-state index contributed by atoms with van der Waals surface area (Å²) in [6, 6.07) is 13.4. The zero-order chi connectivity index (χ0) is 13.8. The molecule has 0 bridgehead atoms. The molecule has 20 heavy (non-hydrogen) atoms. The molecule has 0 unspecified atom stereocenters. The largest absolute Gasteiger partial charge is 0.467 e. The van der Waals surface area contributed by atoms with Gasteiger partial charge < -0.3 is 9.73 Å². The third-order valence-electron chi connectivity index (χ3n) is 2.75. The second kappa shape index (κ2) is 5.71. The van der Waals surface area contributed by atoms with Gasteiger partial charge in [0, 0.05) is 5.56 Å². The summed E-state index contributed by atoms with van der Waals surface area (Å²) in [5, 5.41) is 3.65. The number of carbonyl (C=O) groups excluding carboxylic acids is 1. The molecule has 0 aliphatic heterocycles. The Morgan fingerprint density at radius 1 is 1.20 bits per heavy atom. The third kappa shape index (κ3) is 2.78. The number of aromatic nitrogens is 1. The summed E-state index contributed by atoms with van der Waals surface area (Å²) in [6.45, 7) is 0.379. The van der Waals surface area contributed by atoms with Crippen LogP contribution in [-0.4, -0.2) is 10.9 Å². The van der Waals surface area contributed by atoms with Crippen LogP contribution in [0.4, 0.5) is 0 Å². The molecule has 0 radical (unpaired) electrons. The van der Waals surface area contributed by atoms with E-state index in [1.807, 2.05) is 36.4 Å². The Labute approximate surface area is 120 Å². The van der Waals surface area contributed by atoms with Crippen LogP contribution in [0.2, 0.25) is 0 Å². The van der Waals surface area contributed by atoms with Crippen LogP contribution in [0.25, 0.3) is 10.6 Å². The van der Waals surface area contributed by atoms with Crippen molar-refractivity contribution in [2.45, 2.75) is 6.54 Å².